The van der Waals surface area contributed by atoms with Crippen molar-refractivity contribution in [2.45, 2.75) is 0 Å². The van der Waals surface area contributed by atoms with Crippen molar-refractivity contribution in [3.63, 3.8) is 0 Å². The molecule has 0 spiro atoms. The van der Waals surface area contributed by atoms with E-state index >= 15 is 0 Å². The van der Waals surface area contributed by atoms with Gasteiger partial charge in [0.2, 0.25) is 0 Å². The zero-order valence-electron chi connectivity index (χ0n) is 8.30. The van der Waals surface area contributed by atoms with Crippen molar-refractivity contribution in [1.29, 1.82) is 31.6 Å². The van der Waals surface area contributed by atoms with E-state index < -0.39 is 12.8 Å². The fourth-order valence-electron chi connectivity index (χ4n) is 0.173. The third-order valence-corrected chi connectivity index (χ3v) is 1.07. The summed E-state index contributed by atoms with van der Waals surface area (Å²) in [6.07, 6.45) is -7.08. The molecule has 0 aromatic carbocycles. The Bertz CT molecular complexity index is 389. The molecule has 0 aliphatic rings. The van der Waals surface area contributed by atoms with Gasteiger partial charge >= 0.3 is 35.9 Å². The normalized spacial score (nSPS) is 7.76. The summed E-state index contributed by atoms with van der Waals surface area (Å²) in [6, 6.07) is 0. The minimum atomic E-state index is -3.54. The van der Waals surface area contributed by atoms with Gasteiger partial charge in [0.15, 0.2) is 0 Å². The molecule has 0 heterocycles. The van der Waals surface area contributed by atoms with Crippen LogP contribution < -0.4 is 0 Å². The number of hydrogen-bond acceptors (Lipinski definition) is 6. The topological polar surface area (TPSA) is 143 Å². The Labute approximate surface area is 112 Å². The maximum Gasteiger partial charge on any atom is 2.00 e. The van der Waals surface area contributed by atoms with Gasteiger partial charge in [-0.05, 0) is 0 Å². The maximum atomic E-state index is 12.0. The molecule has 0 aromatic heterocycles. The van der Waals surface area contributed by atoms with Gasteiger partial charge in [-0.15, -0.1) is 0 Å². The molecule has 0 rings (SSSR count). The van der Waals surface area contributed by atoms with Gasteiger partial charge in [0.25, 0.3) is 0 Å². The molecule has 0 aromatic rings. The van der Waals surface area contributed by atoms with Crippen LogP contribution in [-0.2, 0) is 0 Å². The van der Waals surface area contributed by atoms with Crippen molar-refractivity contribution in [1.82, 2.24) is 0 Å². The van der Waals surface area contributed by atoms with E-state index in [1.807, 2.05) is 0 Å². The van der Waals surface area contributed by atoms with E-state index in [1.54, 1.807) is 0 Å². The SMILES string of the molecule is N#C[B-](F)(C#N)C#N.N#C[B-](F)(C#N)C#N.[Mg+2]. The average Bonchev–Trinajstić information content (AvgIpc) is 2.37. The fraction of sp³-hybridized carbons (Fsp3) is 0. The number of halogens is 2. The second-order valence-corrected chi connectivity index (χ2v) is 2.30. The van der Waals surface area contributed by atoms with E-state index in [0.717, 1.165) is 35.8 Å². The summed E-state index contributed by atoms with van der Waals surface area (Å²) in [4.78, 5) is 0. The van der Waals surface area contributed by atoms with Gasteiger partial charge in [-0.1, -0.05) is 35.8 Å². The van der Waals surface area contributed by atoms with Gasteiger partial charge in [0, 0.05) is 0 Å². The summed E-state index contributed by atoms with van der Waals surface area (Å²) in [5.41, 5.74) is 0. The van der Waals surface area contributed by atoms with Crippen molar-refractivity contribution in [2.75, 3.05) is 0 Å². The van der Waals surface area contributed by atoms with Gasteiger partial charge < -0.3 is 8.63 Å². The molecule has 0 N–H and O–H groups in total. The second kappa shape index (κ2) is 8.96. The molecule has 11 heteroatoms. The molecule has 0 fully saturated rings. The van der Waals surface area contributed by atoms with Crippen LogP contribution in [0.4, 0.5) is 8.63 Å². The molecule has 6 nitrogen and oxygen atoms in total. The predicted molar refractivity (Wildman–Crippen MR) is 53.2 cm³/mol. The molecule has 0 radical (unpaired) electrons. The average molecular weight is 240 g/mol. The summed E-state index contributed by atoms with van der Waals surface area (Å²) in [6.45, 7) is 0. The third-order valence-electron chi connectivity index (χ3n) is 1.07. The second-order valence-electron chi connectivity index (χ2n) is 2.30. The summed E-state index contributed by atoms with van der Waals surface area (Å²) in [5, 5.41) is 46.5. The molecular weight excluding hydrogens is 240 g/mol. The van der Waals surface area contributed by atoms with Crippen LogP contribution in [0, 0.1) is 67.4 Å². The maximum absolute atomic E-state index is 12.0. The minimum absolute atomic E-state index is 0. The summed E-state index contributed by atoms with van der Waals surface area (Å²) >= 11 is 0. The zero-order chi connectivity index (χ0) is 13.2. The Kier molecular flexibility index (Phi) is 10.6. The molecule has 0 saturated heterocycles. The van der Waals surface area contributed by atoms with Gasteiger partial charge in [-0.3, -0.25) is 0 Å². The molecular formula is C6B2F2MgN6. The van der Waals surface area contributed by atoms with E-state index in [0.29, 0.717) is 0 Å². The van der Waals surface area contributed by atoms with Crippen molar-refractivity contribution < 1.29 is 8.63 Å². The molecule has 17 heavy (non-hydrogen) atoms. The first kappa shape index (κ1) is 20.2. The van der Waals surface area contributed by atoms with E-state index in [1.165, 1.54) is 0 Å². The molecule has 0 atom stereocenters. The third kappa shape index (κ3) is 7.60. The first-order chi connectivity index (χ1) is 7.36. The molecule has 0 bridgehead atoms. The van der Waals surface area contributed by atoms with Crippen molar-refractivity contribution >= 4 is 35.9 Å². The van der Waals surface area contributed by atoms with Crippen LogP contribution in [0.15, 0.2) is 0 Å². The van der Waals surface area contributed by atoms with E-state index in [2.05, 4.69) is 0 Å². The van der Waals surface area contributed by atoms with Crippen molar-refractivity contribution in [2.24, 2.45) is 0 Å². The van der Waals surface area contributed by atoms with Crippen LogP contribution in [0.2, 0.25) is 0 Å². The largest absolute Gasteiger partial charge is 2.00 e. The van der Waals surface area contributed by atoms with E-state index in [4.69, 9.17) is 31.6 Å². The quantitative estimate of drug-likeness (QED) is 0.536. The summed E-state index contributed by atoms with van der Waals surface area (Å²) < 4.78 is 23.9. The van der Waals surface area contributed by atoms with E-state index in [9.17, 15) is 8.63 Å². The van der Waals surface area contributed by atoms with Gasteiger partial charge in [-0.2, -0.15) is 0 Å². The Morgan fingerprint density at radius 2 is 0.647 bits per heavy atom. The summed E-state index contributed by atoms with van der Waals surface area (Å²) in [7, 11) is 0. The number of nitrogens with zero attached hydrogens (tertiary/aromatic N) is 6. The van der Waals surface area contributed by atoms with Crippen molar-refractivity contribution in [3.05, 3.63) is 0 Å². The first-order valence-corrected chi connectivity index (χ1v) is 3.51. The Morgan fingerprint density at radius 3 is 0.647 bits per heavy atom. The van der Waals surface area contributed by atoms with Gasteiger partial charge in [0.1, 0.15) is 0 Å². The molecule has 76 valence electrons. The zero-order valence-corrected chi connectivity index (χ0v) is 9.72. The monoisotopic (exact) mass is 240 g/mol. The molecule has 0 aliphatic heterocycles. The first-order valence-electron chi connectivity index (χ1n) is 3.51. The number of nitriles is 6. The smallest absolute Gasteiger partial charge is 0.468 e. The molecule has 0 amide bonds. The van der Waals surface area contributed by atoms with E-state index in [-0.39, 0.29) is 23.1 Å². The Hall–Kier alpha value is -2.30. The van der Waals surface area contributed by atoms with Crippen molar-refractivity contribution in [3.8, 4) is 35.8 Å². The van der Waals surface area contributed by atoms with Gasteiger partial charge in [-0.25, -0.2) is 31.6 Å². The van der Waals surface area contributed by atoms with Crippen LogP contribution in [0.5, 0.6) is 0 Å². The Morgan fingerprint density at radius 1 is 0.529 bits per heavy atom. The molecule has 0 aliphatic carbocycles. The summed E-state index contributed by atoms with van der Waals surface area (Å²) in [5.74, 6) is 5.71. The number of hydrogen-bond donors (Lipinski definition) is 0. The Balaban J connectivity index is -0.000000218. The molecule has 0 saturated carbocycles. The standard InChI is InChI=1S/2C3BFN3.Mg/c2*5-4(1-6,2-7)3-8;/q2*-1;+2. The predicted octanol–water partition coefficient (Wildman–Crippen LogP) is -0.201. The van der Waals surface area contributed by atoms with Crippen LogP contribution >= 0.6 is 0 Å². The van der Waals surface area contributed by atoms with Crippen LogP contribution in [0.1, 0.15) is 0 Å². The molecule has 0 unspecified atom stereocenters. The van der Waals surface area contributed by atoms with Crippen LogP contribution in [0.3, 0.4) is 0 Å². The minimum Gasteiger partial charge on any atom is -0.468 e. The fourth-order valence-corrected chi connectivity index (χ4v) is 0.173. The number of rotatable bonds is 0. The van der Waals surface area contributed by atoms with Crippen LogP contribution in [0.25, 0.3) is 0 Å². The van der Waals surface area contributed by atoms with Gasteiger partial charge in [0.05, 0.1) is 0 Å². The van der Waals surface area contributed by atoms with Crippen LogP contribution in [-0.4, -0.2) is 35.9 Å².